The fourth-order valence-electron chi connectivity index (χ4n) is 3.09. The third-order valence-corrected chi connectivity index (χ3v) is 5.07. The van der Waals surface area contributed by atoms with Gasteiger partial charge in [-0.2, -0.15) is 0 Å². The van der Waals surface area contributed by atoms with E-state index in [0.717, 1.165) is 18.9 Å². The van der Waals surface area contributed by atoms with Gasteiger partial charge in [0.1, 0.15) is 0 Å². The first kappa shape index (κ1) is 13.4. The van der Waals surface area contributed by atoms with Crippen LogP contribution >= 0.6 is 15.9 Å². The van der Waals surface area contributed by atoms with Crippen molar-refractivity contribution in [3.63, 3.8) is 0 Å². The molecule has 1 amide bonds. The Balaban J connectivity index is 1.67. The monoisotopic (exact) mass is 301 g/mol. The van der Waals surface area contributed by atoms with E-state index in [-0.39, 0.29) is 0 Å². The van der Waals surface area contributed by atoms with Gasteiger partial charge in [0.15, 0.2) is 0 Å². The molecule has 17 heavy (non-hydrogen) atoms. The number of hydrogen-bond donors (Lipinski definition) is 0. The summed E-state index contributed by atoms with van der Waals surface area (Å²) < 4.78 is 0. The summed E-state index contributed by atoms with van der Waals surface area (Å²) in [6.07, 6.45) is 9.84. The minimum Gasteiger partial charge on any atom is -0.345 e. The van der Waals surface area contributed by atoms with Crippen molar-refractivity contribution in [2.75, 3.05) is 13.6 Å². The molecule has 0 spiro atoms. The molecule has 2 nitrogen and oxygen atoms in total. The first-order valence-electron chi connectivity index (χ1n) is 7.03. The molecule has 2 aliphatic carbocycles. The number of hydrogen-bond acceptors (Lipinski definition) is 1. The Bertz CT molecular complexity index is 257. The second-order valence-corrected chi connectivity index (χ2v) is 7.21. The van der Waals surface area contributed by atoms with E-state index in [1.807, 2.05) is 11.9 Å². The summed E-state index contributed by atoms with van der Waals surface area (Å²) in [5, 5.41) is 0. The number of amides is 1. The highest BCUT2D eigenvalue weighted by Gasteiger charge is 2.29. The largest absolute Gasteiger partial charge is 0.345 e. The zero-order valence-electron chi connectivity index (χ0n) is 10.8. The van der Waals surface area contributed by atoms with E-state index in [1.165, 1.54) is 44.9 Å². The maximum Gasteiger partial charge on any atom is 0.222 e. The third-order valence-electron chi connectivity index (χ3n) is 4.32. The lowest BCUT2D eigenvalue weighted by molar-refractivity contribution is -0.132. The summed E-state index contributed by atoms with van der Waals surface area (Å²) in [6.45, 7) is 0.966. The molecular weight excluding hydrogens is 278 g/mol. The van der Waals surface area contributed by atoms with Gasteiger partial charge in [-0.25, -0.2) is 0 Å². The van der Waals surface area contributed by atoms with E-state index in [0.29, 0.717) is 16.7 Å². The Morgan fingerprint density at radius 2 is 1.82 bits per heavy atom. The molecule has 0 heterocycles. The normalized spacial score (nSPS) is 29.8. The quantitative estimate of drug-likeness (QED) is 0.727. The number of alkyl halides is 1. The highest BCUT2D eigenvalue weighted by atomic mass is 79.9. The molecule has 3 heteroatoms. The van der Waals surface area contributed by atoms with Crippen LogP contribution in [-0.2, 0) is 4.79 Å². The maximum atomic E-state index is 12.1. The predicted molar refractivity (Wildman–Crippen MR) is 74.3 cm³/mol. The van der Waals surface area contributed by atoms with Crippen LogP contribution in [0.5, 0.6) is 0 Å². The topological polar surface area (TPSA) is 20.3 Å². The van der Waals surface area contributed by atoms with Gasteiger partial charge in [0.05, 0.1) is 0 Å². The third kappa shape index (κ3) is 3.97. The summed E-state index contributed by atoms with van der Waals surface area (Å²) >= 11 is 3.60. The lowest BCUT2D eigenvalue weighted by Gasteiger charge is -2.35. The van der Waals surface area contributed by atoms with Crippen LogP contribution in [0.4, 0.5) is 0 Å². The molecular formula is C14H24BrNO. The Hall–Kier alpha value is -0.0500. The molecule has 0 aromatic carbocycles. The molecule has 0 aromatic heterocycles. The van der Waals surface area contributed by atoms with Gasteiger partial charge in [0.25, 0.3) is 0 Å². The van der Waals surface area contributed by atoms with Crippen LogP contribution in [0.15, 0.2) is 0 Å². The number of rotatable bonds is 4. The molecule has 0 bridgehead atoms. The molecule has 0 unspecified atom stereocenters. The Labute approximate surface area is 113 Å². The van der Waals surface area contributed by atoms with Gasteiger partial charge in [-0.05, 0) is 37.5 Å². The molecule has 0 radical (unpaired) electrons. The predicted octanol–water partition coefficient (Wildman–Crippen LogP) is 3.59. The van der Waals surface area contributed by atoms with E-state index in [2.05, 4.69) is 15.9 Å². The lowest BCUT2D eigenvalue weighted by atomic mass is 9.84. The molecule has 0 aromatic rings. The van der Waals surface area contributed by atoms with Crippen molar-refractivity contribution in [2.24, 2.45) is 11.8 Å². The van der Waals surface area contributed by atoms with Gasteiger partial charge in [-0.15, -0.1) is 0 Å². The Morgan fingerprint density at radius 1 is 1.18 bits per heavy atom. The van der Waals surface area contributed by atoms with Crippen molar-refractivity contribution < 1.29 is 4.79 Å². The van der Waals surface area contributed by atoms with Gasteiger partial charge >= 0.3 is 0 Å². The average molecular weight is 302 g/mol. The van der Waals surface area contributed by atoms with E-state index in [4.69, 9.17) is 0 Å². The molecule has 2 fully saturated rings. The zero-order valence-corrected chi connectivity index (χ0v) is 12.4. The van der Waals surface area contributed by atoms with E-state index >= 15 is 0 Å². The molecule has 0 N–H and O–H groups in total. The minimum atomic E-state index is 0.370. The van der Waals surface area contributed by atoms with Crippen LogP contribution in [-0.4, -0.2) is 29.2 Å². The number of halogens is 1. The van der Waals surface area contributed by atoms with Crippen molar-refractivity contribution in [1.82, 2.24) is 4.90 Å². The van der Waals surface area contributed by atoms with E-state index < -0.39 is 0 Å². The van der Waals surface area contributed by atoms with Gasteiger partial charge < -0.3 is 4.90 Å². The highest BCUT2D eigenvalue weighted by Crippen LogP contribution is 2.34. The maximum absolute atomic E-state index is 12.1. The lowest BCUT2D eigenvalue weighted by Crippen LogP contribution is -2.38. The average Bonchev–Trinajstić information content (AvgIpc) is 2.28. The second-order valence-electron chi connectivity index (χ2n) is 5.92. The van der Waals surface area contributed by atoms with Crippen molar-refractivity contribution in [3.05, 3.63) is 0 Å². The summed E-state index contributed by atoms with van der Waals surface area (Å²) in [7, 11) is 1.98. The number of nitrogens with zero attached hydrogens (tertiary/aromatic N) is 1. The van der Waals surface area contributed by atoms with Crippen LogP contribution in [0.3, 0.4) is 0 Å². The van der Waals surface area contributed by atoms with Gasteiger partial charge in [-0.3, -0.25) is 4.79 Å². The van der Waals surface area contributed by atoms with E-state index in [1.54, 1.807) is 0 Å². The number of carbonyl (C=O) groups excluding carboxylic acids is 1. The van der Waals surface area contributed by atoms with Crippen molar-refractivity contribution in [1.29, 1.82) is 0 Å². The fraction of sp³-hybridized carbons (Fsp3) is 0.929. The van der Waals surface area contributed by atoms with Crippen LogP contribution < -0.4 is 0 Å². The number of carbonyl (C=O) groups is 1. The minimum absolute atomic E-state index is 0.370. The summed E-state index contributed by atoms with van der Waals surface area (Å²) in [5.41, 5.74) is 0. The SMILES string of the molecule is CN(CC1CC(Br)C1)C(=O)CC1CCCCC1. The Morgan fingerprint density at radius 3 is 2.41 bits per heavy atom. The highest BCUT2D eigenvalue weighted by molar-refractivity contribution is 9.09. The zero-order chi connectivity index (χ0) is 12.3. The van der Waals surface area contributed by atoms with E-state index in [9.17, 15) is 4.79 Å². The van der Waals surface area contributed by atoms with Crippen molar-refractivity contribution in [3.8, 4) is 0 Å². The van der Waals surface area contributed by atoms with Crippen LogP contribution in [0.2, 0.25) is 0 Å². The van der Waals surface area contributed by atoms with Crippen LogP contribution in [0.25, 0.3) is 0 Å². The van der Waals surface area contributed by atoms with Crippen LogP contribution in [0, 0.1) is 11.8 Å². The van der Waals surface area contributed by atoms with Gasteiger partial charge in [-0.1, -0.05) is 35.2 Å². The molecule has 0 aliphatic heterocycles. The molecule has 2 rings (SSSR count). The van der Waals surface area contributed by atoms with Gasteiger partial charge in [0.2, 0.25) is 5.91 Å². The summed E-state index contributed by atoms with van der Waals surface area (Å²) in [4.78, 5) is 14.8. The molecule has 2 saturated carbocycles. The van der Waals surface area contributed by atoms with Crippen molar-refractivity contribution in [2.45, 2.75) is 56.2 Å². The standard InChI is InChI=1S/C14H24BrNO/c1-16(10-12-7-13(15)8-12)14(17)9-11-5-3-2-4-6-11/h11-13H,2-10H2,1H3. The van der Waals surface area contributed by atoms with Gasteiger partial charge in [0, 0.05) is 24.8 Å². The first-order valence-corrected chi connectivity index (χ1v) is 7.94. The Kier molecular flexibility index (Phi) is 4.89. The van der Waals surface area contributed by atoms with Crippen LogP contribution in [0.1, 0.15) is 51.4 Å². The fourth-order valence-corrected chi connectivity index (χ4v) is 4.14. The first-order chi connectivity index (χ1) is 8.15. The summed E-state index contributed by atoms with van der Waals surface area (Å²) in [5.74, 6) is 1.78. The second kappa shape index (κ2) is 6.21. The molecule has 0 atom stereocenters. The molecule has 98 valence electrons. The van der Waals surface area contributed by atoms with Crippen molar-refractivity contribution >= 4 is 21.8 Å². The molecule has 0 saturated heterocycles. The summed E-state index contributed by atoms with van der Waals surface area (Å²) in [6, 6.07) is 0. The smallest absolute Gasteiger partial charge is 0.222 e. The molecule has 2 aliphatic rings.